The number of carboxylic acids is 1. The molecule has 4 rings (SSSR count). The number of benzene rings is 1. The largest absolute Gasteiger partial charge is 0.477 e. The Balaban J connectivity index is 1.80. The summed E-state index contributed by atoms with van der Waals surface area (Å²) in [6.45, 7) is 1.76. The fourth-order valence-corrected chi connectivity index (χ4v) is 3.98. The number of hydrogen-bond acceptors (Lipinski definition) is 5. The second kappa shape index (κ2) is 6.29. The third-order valence-corrected chi connectivity index (χ3v) is 5.26. The highest BCUT2D eigenvalue weighted by Gasteiger charge is 2.51. The maximum atomic E-state index is 13.4. The number of carboxylic acid groups (broad SMARTS) is 1. The van der Waals surface area contributed by atoms with Crippen molar-refractivity contribution in [2.75, 3.05) is 6.54 Å². The smallest absolute Gasteiger partial charge is 0.354 e. The van der Waals surface area contributed by atoms with Crippen molar-refractivity contribution in [2.45, 2.75) is 25.8 Å². The van der Waals surface area contributed by atoms with Crippen LogP contribution in [0.15, 0.2) is 36.0 Å². The summed E-state index contributed by atoms with van der Waals surface area (Å²) in [4.78, 5) is 64.2. The van der Waals surface area contributed by atoms with Crippen LogP contribution in [0.1, 0.15) is 40.5 Å². The second-order valence-electron chi connectivity index (χ2n) is 7.00. The van der Waals surface area contributed by atoms with Crippen molar-refractivity contribution in [3.63, 3.8) is 0 Å². The Morgan fingerprint density at radius 2 is 1.68 bits per heavy atom. The average molecular weight is 383 g/mol. The van der Waals surface area contributed by atoms with E-state index in [1.165, 1.54) is 18.2 Å². The zero-order valence-corrected chi connectivity index (χ0v) is 15.0. The van der Waals surface area contributed by atoms with Gasteiger partial charge in [0.05, 0.1) is 11.1 Å². The van der Waals surface area contributed by atoms with Gasteiger partial charge in [0, 0.05) is 13.0 Å². The summed E-state index contributed by atoms with van der Waals surface area (Å²) in [5.41, 5.74) is 0.0282. The SMILES string of the molecule is C[C@@H]1CC(=O)N2CCC=C(C(=O)O)N2C(=O)[C@@H]1N1C(=O)c2ccccc2C1=O. The topological polar surface area (TPSA) is 115 Å². The zero-order chi connectivity index (χ0) is 20.2. The molecule has 0 bridgehead atoms. The molecular formula is C19H17N3O6. The summed E-state index contributed by atoms with van der Waals surface area (Å²) < 4.78 is 0. The molecule has 2 atom stereocenters. The molecule has 9 nitrogen and oxygen atoms in total. The quantitative estimate of drug-likeness (QED) is 0.749. The van der Waals surface area contributed by atoms with Gasteiger partial charge in [0.1, 0.15) is 11.7 Å². The molecule has 3 aliphatic heterocycles. The summed E-state index contributed by atoms with van der Waals surface area (Å²) in [5, 5.41) is 11.4. The molecule has 0 radical (unpaired) electrons. The van der Waals surface area contributed by atoms with Gasteiger partial charge in [-0.05, 0) is 30.5 Å². The molecular weight excluding hydrogens is 366 g/mol. The number of rotatable bonds is 2. The van der Waals surface area contributed by atoms with Gasteiger partial charge >= 0.3 is 5.97 Å². The number of carbonyl (C=O) groups excluding carboxylic acids is 4. The lowest BCUT2D eigenvalue weighted by Gasteiger charge is -2.38. The van der Waals surface area contributed by atoms with E-state index in [4.69, 9.17) is 0 Å². The predicted molar refractivity (Wildman–Crippen MR) is 93.4 cm³/mol. The van der Waals surface area contributed by atoms with Crippen LogP contribution in [0.3, 0.4) is 0 Å². The first-order chi connectivity index (χ1) is 13.3. The van der Waals surface area contributed by atoms with Crippen molar-refractivity contribution in [1.29, 1.82) is 0 Å². The Kier molecular flexibility index (Phi) is 4.02. The summed E-state index contributed by atoms with van der Waals surface area (Å²) in [6, 6.07) is 4.97. The lowest BCUT2D eigenvalue weighted by atomic mass is 9.96. The number of amides is 4. The zero-order valence-electron chi connectivity index (χ0n) is 15.0. The fraction of sp³-hybridized carbons (Fsp3) is 0.316. The fourth-order valence-electron chi connectivity index (χ4n) is 3.98. The minimum atomic E-state index is -1.36. The van der Waals surface area contributed by atoms with Gasteiger partial charge in [-0.3, -0.25) is 24.1 Å². The number of aliphatic carboxylic acids is 1. The molecule has 0 spiro atoms. The van der Waals surface area contributed by atoms with Crippen molar-refractivity contribution < 1.29 is 29.1 Å². The number of hydrogen-bond donors (Lipinski definition) is 1. The van der Waals surface area contributed by atoms with Crippen LogP contribution in [0, 0.1) is 5.92 Å². The Bertz CT molecular complexity index is 933. The highest BCUT2D eigenvalue weighted by atomic mass is 16.4. The molecule has 1 saturated heterocycles. The van der Waals surface area contributed by atoms with Crippen molar-refractivity contribution in [3.8, 4) is 0 Å². The number of carbonyl (C=O) groups is 5. The van der Waals surface area contributed by atoms with Crippen LogP contribution in [0.4, 0.5) is 0 Å². The van der Waals surface area contributed by atoms with Crippen LogP contribution < -0.4 is 0 Å². The second-order valence-corrected chi connectivity index (χ2v) is 7.00. The predicted octanol–water partition coefficient (Wildman–Crippen LogP) is 0.635. The van der Waals surface area contributed by atoms with Crippen LogP contribution in [-0.4, -0.2) is 62.2 Å². The van der Waals surface area contributed by atoms with Crippen LogP contribution in [0.2, 0.25) is 0 Å². The first kappa shape index (κ1) is 17.9. The monoisotopic (exact) mass is 383 g/mol. The first-order valence-electron chi connectivity index (χ1n) is 8.87. The number of nitrogens with zero attached hydrogens (tertiary/aromatic N) is 3. The van der Waals surface area contributed by atoms with Crippen LogP contribution in [0.5, 0.6) is 0 Å². The maximum Gasteiger partial charge on any atom is 0.354 e. The highest BCUT2D eigenvalue weighted by molar-refractivity contribution is 6.23. The summed E-state index contributed by atoms with van der Waals surface area (Å²) in [5.74, 6) is -4.47. The highest BCUT2D eigenvalue weighted by Crippen LogP contribution is 2.33. The van der Waals surface area contributed by atoms with E-state index in [1.54, 1.807) is 19.1 Å². The minimum Gasteiger partial charge on any atom is -0.477 e. The third-order valence-electron chi connectivity index (χ3n) is 5.26. The summed E-state index contributed by atoms with van der Waals surface area (Å²) >= 11 is 0. The van der Waals surface area contributed by atoms with Crippen LogP contribution in [0.25, 0.3) is 0 Å². The Morgan fingerprint density at radius 1 is 1.07 bits per heavy atom. The van der Waals surface area contributed by atoms with E-state index in [0.29, 0.717) is 6.42 Å². The molecule has 4 amide bonds. The molecule has 1 fully saturated rings. The normalized spacial score (nSPS) is 24.8. The van der Waals surface area contributed by atoms with Crippen molar-refractivity contribution >= 4 is 29.6 Å². The molecule has 0 aromatic heterocycles. The maximum absolute atomic E-state index is 13.4. The standard InChI is InChI=1S/C19H17N3O6/c1-10-9-14(23)20-8-4-7-13(19(27)28)22(20)18(26)15(10)21-16(24)11-5-2-3-6-12(11)17(21)25/h2-3,5-7,10,15H,4,8-9H2,1H3,(H,27,28)/t10-,15-/m1/s1. The van der Waals surface area contributed by atoms with E-state index < -0.39 is 41.6 Å². The van der Waals surface area contributed by atoms with E-state index in [1.807, 2.05) is 0 Å². The lowest BCUT2D eigenvalue weighted by Crippen LogP contribution is -2.57. The van der Waals surface area contributed by atoms with E-state index in [0.717, 1.165) is 14.9 Å². The molecule has 1 aromatic rings. The Morgan fingerprint density at radius 3 is 2.25 bits per heavy atom. The number of imide groups is 1. The molecule has 1 N–H and O–H groups in total. The molecule has 9 heteroatoms. The van der Waals surface area contributed by atoms with Gasteiger partial charge in [0.2, 0.25) is 5.91 Å². The van der Waals surface area contributed by atoms with E-state index >= 15 is 0 Å². The first-order valence-corrected chi connectivity index (χ1v) is 8.87. The number of hydrazine groups is 1. The van der Waals surface area contributed by atoms with E-state index in [9.17, 15) is 29.1 Å². The molecule has 144 valence electrons. The summed E-state index contributed by atoms with van der Waals surface area (Å²) in [6.07, 6.45) is 1.57. The van der Waals surface area contributed by atoms with Gasteiger partial charge in [0.25, 0.3) is 17.7 Å². The van der Waals surface area contributed by atoms with Crippen LogP contribution >= 0.6 is 0 Å². The third kappa shape index (κ3) is 2.43. The van der Waals surface area contributed by atoms with Gasteiger partial charge in [0.15, 0.2) is 0 Å². The van der Waals surface area contributed by atoms with Crippen LogP contribution in [-0.2, 0) is 14.4 Å². The number of fused-ring (bicyclic) bond motifs is 2. The Hall–Kier alpha value is -3.49. The average Bonchev–Trinajstić information content (AvgIpc) is 2.87. The molecule has 0 saturated carbocycles. The molecule has 0 aliphatic carbocycles. The Labute approximate surface area is 159 Å². The van der Waals surface area contributed by atoms with Crippen molar-refractivity contribution in [2.24, 2.45) is 5.92 Å². The van der Waals surface area contributed by atoms with Gasteiger partial charge in [-0.25, -0.2) is 14.8 Å². The molecule has 3 heterocycles. The van der Waals surface area contributed by atoms with E-state index in [2.05, 4.69) is 0 Å². The molecule has 0 unspecified atom stereocenters. The molecule has 28 heavy (non-hydrogen) atoms. The van der Waals surface area contributed by atoms with Crippen molar-refractivity contribution in [3.05, 3.63) is 47.2 Å². The summed E-state index contributed by atoms with van der Waals surface area (Å²) in [7, 11) is 0. The minimum absolute atomic E-state index is 0.0901. The van der Waals surface area contributed by atoms with Gasteiger partial charge in [-0.2, -0.15) is 0 Å². The van der Waals surface area contributed by atoms with Gasteiger partial charge in [-0.15, -0.1) is 0 Å². The van der Waals surface area contributed by atoms with Crippen molar-refractivity contribution in [1.82, 2.24) is 14.9 Å². The van der Waals surface area contributed by atoms with E-state index in [-0.39, 0.29) is 29.8 Å². The van der Waals surface area contributed by atoms with Gasteiger partial charge < -0.3 is 5.11 Å². The van der Waals surface area contributed by atoms with Gasteiger partial charge in [-0.1, -0.05) is 19.1 Å². The lowest BCUT2D eigenvalue weighted by molar-refractivity contribution is -0.163. The molecule has 3 aliphatic rings. The molecule has 1 aromatic carbocycles.